The largest absolute Gasteiger partial charge is 0.383 e. The van der Waals surface area contributed by atoms with Crippen molar-refractivity contribution in [3.05, 3.63) is 28.7 Å². The Balaban J connectivity index is 1.79. The summed E-state index contributed by atoms with van der Waals surface area (Å²) < 4.78 is 1.14. The molecule has 2 unspecified atom stereocenters. The summed E-state index contributed by atoms with van der Waals surface area (Å²) in [5.41, 5.74) is 1.19. The van der Waals surface area contributed by atoms with Gasteiger partial charge in [0.25, 0.3) is 0 Å². The summed E-state index contributed by atoms with van der Waals surface area (Å²) in [4.78, 5) is 2.61. The second-order valence-electron chi connectivity index (χ2n) is 5.43. The fourth-order valence-electron chi connectivity index (χ4n) is 2.63. The molecule has 2 nitrogen and oxygen atoms in total. The quantitative estimate of drug-likeness (QED) is 0.905. The molecule has 0 spiro atoms. The molecular formula is C15H23BrN2. The summed E-state index contributed by atoms with van der Waals surface area (Å²) in [6, 6.07) is 9.05. The third-order valence-electron chi connectivity index (χ3n) is 3.84. The Kier molecular flexibility index (Phi) is 5.07. The first-order chi connectivity index (χ1) is 8.66. The van der Waals surface area contributed by atoms with Crippen LogP contribution in [0.15, 0.2) is 28.7 Å². The van der Waals surface area contributed by atoms with Crippen LogP contribution >= 0.6 is 15.9 Å². The van der Waals surface area contributed by atoms with Crippen LogP contribution in [0, 0.1) is 5.92 Å². The van der Waals surface area contributed by atoms with E-state index in [1.54, 1.807) is 0 Å². The maximum Gasteiger partial charge on any atom is 0.0485 e. The zero-order valence-corrected chi connectivity index (χ0v) is 12.9. The molecule has 100 valence electrons. The van der Waals surface area contributed by atoms with Crippen LogP contribution in [-0.2, 0) is 0 Å². The second-order valence-corrected chi connectivity index (χ2v) is 6.29. The molecule has 1 aliphatic rings. The molecular weight excluding hydrogens is 288 g/mol. The highest BCUT2D eigenvalue weighted by molar-refractivity contribution is 9.10. The lowest BCUT2D eigenvalue weighted by atomic mass is 9.95. The molecule has 0 saturated carbocycles. The average Bonchev–Trinajstić information content (AvgIpc) is 2.36. The lowest BCUT2D eigenvalue weighted by Crippen LogP contribution is -2.43. The van der Waals surface area contributed by atoms with Crippen molar-refractivity contribution >= 4 is 21.6 Å². The van der Waals surface area contributed by atoms with Crippen LogP contribution in [0.5, 0.6) is 0 Å². The van der Waals surface area contributed by atoms with E-state index in [9.17, 15) is 0 Å². The van der Waals surface area contributed by atoms with Crippen molar-refractivity contribution in [1.29, 1.82) is 0 Å². The molecule has 0 bridgehead atoms. The molecule has 3 heteroatoms. The van der Waals surface area contributed by atoms with Gasteiger partial charge in [0.15, 0.2) is 0 Å². The second kappa shape index (κ2) is 6.58. The third-order valence-corrected chi connectivity index (χ3v) is 4.53. The number of nitrogens with zero attached hydrogens (tertiary/aromatic N) is 1. The monoisotopic (exact) mass is 310 g/mol. The molecule has 1 saturated heterocycles. The van der Waals surface area contributed by atoms with Gasteiger partial charge in [-0.25, -0.2) is 0 Å². The first kappa shape index (κ1) is 13.9. The first-order valence-electron chi connectivity index (χ1n) is 6.89. The van der Waals surface area contributed by atoms with Gasteiger partial charge < -0.3 is 5.32 Å². The fraction of sp³-hybridized carbons (Fsp3) is 0.600. The average molecular weight is 311 g/mol. The zero-order chi connectivity index (χ0) is 13.0. The summed E-state index contributed by atoms with van der Waals surface area (Å²) in [6.07, 6.45) is 2.73. The Morgan fingerprint density at radius 3 is 2.83 bits per heavy atom. The molecule has 0 radical (unpaired) electrons. The number of likely N-dealkylation sites (tertiary alicyclic amines) is 1. The molecule has 2 rings (SSSR count). The van der Waals surface area contributed by atoms with Crippen LogP contribution in [0.1, 0.15) is 26.7 Å². The van der Waals surface area contributed by atoms with E-state index < -0.39 is 0 Å². The number of para-hydroxylation sites is 1. The molecule has 0 amide bonds. The first-order valence-corrected chi connectivity index (χ1v) is 7.68. The molecule has 1 fully saturated rings. The minimum atomic E-state index is 0.738. The van der Waals surface area contributed by atoms with Crippen molar-refractivity contribution < 1.29 is 0 Å². The van der Waals surface area contributed by atoms with E-state index in [4.69, 9.17) is 0 Å². The number of anilines is 1. The van der Waals surface area contributed by atoms with Gasteiger partial charge in [-0.1, -0.05) is 19.1 Å². The lowest BCUT2D eigenvalue weighted by molar-refractivity contribution is 0.130. The van der Waals surface area contributed by atoms with Gasteiger partial charge in [0.05, 0.1) is 0 Å². The number of benzene rings is 1. The van der Waals surface area contributed by atoms with E-state index >= 15 is 0 Å². The van der Waals surface area contributed by atoms with Crippen molar-refractivity contribution in [2.45, 2.75) is 32.7 Å². The van der Waals surface area contributed by atoms with Gasteiger partial charge in [0.2, 0.25) is 0 Å². The van der Waals surface area contributed by atoms with Crippen LogP contribution in [0.25, 0.3) is 0 Å². The maximum absolute atomic E-state index is 3.57. The number of halogens is 1. The molecule has 1 N–H and O–H groups in total. The number of rotatable bonds is 4. The maximum atomic E-state index is 3.57. The smallest absolute Gasteiger partial charge is 0.0485 e. The highest BCUT2D eigenvalue weighted by atomic mass is 79.9. The standard InChI is InChI=1S/C15H23BrN2/c1-12-7-8-13(2)18(11-12)10-9-17-15-6-4-3-5-14(15)16/h3-6,12-13,17H,7-11H2,1-2H3. The van der Waals surface area contributed by atoms with Crippen molar-refractivity contribution in [2.24, 2.45) is 5.92 Å². The summed E-state index contributed by atoms with van der Waals surface area (Å²) in [6.45, 7) is 8.11. The fourth-order valence-corrected chi connectivity index (χ4v) is 3.06. The Bertz CT molecular complexity index is 381. The van der Waals surface area contributed by atoms with E-state index in [0.29, 0.717) is 0 Å². The Hall–Kier alpha value is -0.540. The van der Waals surface area contributed by atoms with Crippen LogP contribution in [-0.4, -0.2) is 30.6 Å². The molecule has 1 aliphatic heterocycles. The van der Waals surface area contributed by atoms with Crippen LogP contribution in [0.2, 0.25) is 0 Å². The van der Waals surface area contributed by atoms with E-state index in [0.717, 1.165) is 29.5 Å². The van der Waals surface area contributed by atoms with Crippen molar-refractivity contribution in [3.8, 4) is 0 Å². The zero-order valence-electron chi connectivity index (χ0n) is 11.3. The number of hydrogen-bond donors (Lipinski definition) is 1. The van der Waals surface area contributed by atoms with Gasteiger partial charge in [-0.15, -0.1) is 0 Å². The van der Waals surface area contributed by atoms with E-state index in [2.05, 4.69) is 58.2 Å². The predicted molar refractivity (Wildman–Crippen MR) is 82.1 cm³/mol. The highest BCUT2D eigenvalue weighted by Gasteiger charge is 2.21. The van der Waals surface area contributed by atoms with E-state index in [-0.39, 0.29) is 0 Å². The van der Waals surface area contributed by atoms with Crippen molar-refractivity contribution in [1.82, 2.24) is 4.90 Å². The van der Waals surface area contributed by atoms with Crippen LogP contribution in [0.3, 0.4) is 0 Å². The van der Waals surface area contributed by atoms with Gasteiger partial charge in [0.1, 0.15) is 0 Å². The Morgan fingerprint density at radius 1 is 1.28 bits per heavy atom. The summed E-state index contributed by atoms with van der Waals surface area (Å²) in [5, 5.41) is 3.51. The Labute approximate surface area is 119 Å². The van der Waals surface area contributed by atoms with Gasteiger partial charge in [-0.2, -0.15) is 0 Å². The van der Waals surface area contributed by atoms with Crippen LogP contribution in [0.4, 0.5) is 5.69 Å². The van der Waals surface area contributed by atoms with Crippen molar-refractivity contribution in [3.63, 3.8) is 0 Å². The summed E-state index contributed by atoms with van der Waals surface area (Å²) in [7, 11) is 0. The van der Waals surface area contributed by atoms with Gasteiger partial charge >= 0.3 is 0 Å². The minimum Gasteiger partial charge on any atom is -0.383 e. The molecule has 1 aromatic carbocycles. The lowest BCUT2D eigenvalue weighted by Gasteiger charge is -2.36. The minimum absolute atomic E-state index is 0.738. The van der Waals surface area contributed by atoms with E-state index in [1.165, 1.54) is 25.1 Å². The van der Waals surface area contributed by atoms with Crippen LogP contribution < -0.4 is 5.32 Å². The van der Waals surface area contributed by atoms with Gasteiger partial charge in [-0.05, 0) is 53.7 Å². The van der Waals surface area contributed by atoms with Crippen molar-refractivity contribution in [2.75, 3.05) is 25.0 Å². The normalized spacial score (nSPS) is 25.1. The molecule has 0 aromatic heterocycles. The summed E-state index contributed by atoms with van der Waals surface area (Å²) in [5.74, 6) is 0.852. The predicted octanol–water partition coefficient (Wildman–Crippen LogP) is 3.98. The highest BCUT2D eigenvalue weighted by Crippen LogP contribution is 2.22. The molecule has 18 heavy (non-hydrogen) atoms. The Morgan fingerprint density at radius 2 is 2.06 bits per heavy atom. The molecule has 1 heterocycles. The molecule has 0 aliphatic carbocycles. The molecule has 2 atom stereocenters. The summed E-state index contributed by atoms with van der Waals surface area (Å²) >= 11 is 3.57. The van der Waals surface area contributed by atoms with Gasteiger partial charge in [0, 0.05) is 35.8 Å². The van der Waals surface area contributed by atoms with E-state index in [1.807, 2.05) is 6.07 Å². The number of nitrogens with one attached hydrogen (secondary N) is 1. The van der Waals surface area contributed by atoms with Gasteiger partial charge in [-0.3, -0.25) is 4.90 Å². The molecule has 1 aromatic rings. The number of hydrogen-bond acceptors (Lipinski definition) is 2. The SMILES string of the molecule is CC1CCC(C)N(CCNc2ccccc2Br)C1. The topological polar surface area (TPSA) is 15.3 Å². The number of piperidine rings is 1. The third kappa shape index (κ3) is 3.72.